The van der Waals surface area contributed by atoms with E-state index in [4.69, 9.17) is 4.74 Å². The lowest BCUT2D eigenvalue weighted by Gasteiger charge is -2.15. The molecule has 0 bridgehead atoms. The van der Waals surface area contributed by atoms with Crippen LogP contribution < -0.4 is 15.5 Å². The number of hydrogen-bond acceptors (Lipinski definition) is 4. The molecule has 1 atom stereocenters. The maximum atomic E-state index is 12.5. The zero-order valence-electron chi connectivity index (χ0n) is 16.7. The molecular weight excluding hydrogens is 370 g/mol. The number of anilines is 1. The first-order valence-electron chi connectivity index (χ1n) is 10.6. The Labute approximate surface area is 170 Å². The second-order valence-electron chi connectivity index (χ2n) is 7.69. The fraction of sp³-hybridized carbons (Fsp3) is 0.571. The minimum atomic E-state index is -0.103. The van der Waals surface area contributed by atoms with E-state index in [0.29, 0.717) is 32.0 Å². The number of nitrogens with one attached hydrogen (secondary N) is 2. The number of urea groups is 1. The number of unbranched alkanes of at least 4 members (excludes halogenated alkanes) is 2. The van der Waals surface area contributed by atoms with Crippen LogP contribution in [-0.4, -0.2) is 53.8 Å². The van der Waals surface area contributed by atoms with Gasteiger partial charge in [-0.05, 0) is 37.8 Å². The molecule has 29 heavy (non-hydrogen) atoms. The van der Waals surface area contributed by atoms with Crippen LogP contribution >= 0.6 is 0 Å². The van der Waals surface area contributed by atoms with Gasteiger partial charge in [0.15, 0.2) is 0 Å². The summed E-state index contributed by atoms with van der Waals surface area (Å²) in [6.07, 6.45) is 5.42. The van der Waals surface area contributed by atoms with Crippen LogP contribution in [0.3, 0.4) is 0 Å². The lowest BCUT2D eigenvalue weighted by atomic mass is 10.2. The molecule has 1 saturated heterocycles. The Bertz CT molecular complexity index is 859. The molecule has 0 spiro atoms. The van der Waals surface area contributed by atoms with Crippen LogP contribution in [0.15, 0.2) is 24.3 Å². The van der Waals surface area contributed by atoms with Crippen molar-refractivity contribution in [2.75, 3.05) is 31.1 Å². The Kier molecular flexibility index (Phi) is 6.29. The Balaban J connectivity index is 1.12. The molecular formula is C21H29N5O3. The van der Waals surface area contributed by atoms with Gasteiger partial charge in [0.1, 0.15) is 0 Å². The normalized spacial score (nSPS) is 18.2. The molecule has 3 heterocycles. The predicted molar refractivity (Wildman–Crippen MR) is 111 cm³/mol. The second kappa shape index (κ2) is 9.26. The van der Waals surface area contributed by atoms with E-state index >= 15 is 0 Å². The third-order valence-electron chi connectivity index (χ3n) is 5.58. The van der Waals surface area contributed by atoms with Gasteiger partial charge >= 0.3 is 6.03 Å². The average molecular weight is 399 g/mol. The highest BCUT2D eigenvalue weighted by Crippen LogP contribution is 2.26. The lowest BCUT2D eigenvalue weighted by Crippen LogP contribution is -2.39. The van der Waals surface area contributed by atoms with Crippen molar-refractivity contribution in [3.8, 4) is 0 Å². The third kappa shape index (κ3) is 4.70. The van der Waals surface area contributed by atoms with Crippen LogP contribution in [0, 0.1) is 0 Å². The molecule has 0 aliphatic carbocycles. The second-order valence-corrected chi connectivity index (χ2v) is 7.69. The van der Waals surface area contributed by atoms with Crippen molar-refractivity contribution >= 4 is 28.9 Å². The molecule has 156 valence electrons. The summed E-state index contributed by atoms with van der Waals surface area (Å²) in [6.45, 7) is 3.44. The smallest absolute Gasteiger partial charge is 0.324 e. The van der Waals surface area contributed by atoms with E-state index in [-0.39, 0.29) is 18.0 Å². The summed E-state index contributed by atoms with van der Waals surface area (Å²) in [5.41, 5.74) is 1.98. The van der Waals surface area contributed by atoms with Gasteiger partial charge < -0.3 is 19.9 Å². The SMILES string of the molecule is O=C(CCCCCNC(=O)N1CCn2c1nc1ccccc12)NC[C@@H]1CCCO1. The predicted octanol–water partition coefficient (Wildman–Crippen LogP) is 2.42. The molecule has 4 rings (SSSR count). The molecule has 0 saturated carbocycles. The first kappa shape index (κ1) is 19.7. The molecule has 1 aromatic heterocycles. The van der Waals surface area contributed by atoms with Gasteiger partial charge in [-0.3, -0.25) is 9.69 Å². The monoisotopic (exact) mass is 399 g/mol. The van der Waals surface area contributed by atoms with E-state index in [2.05, 4.69) is 20.2 Å². The Morgan fingerprint density at radius 3 is 2.90 bits per heavy atom. The minimum absolute atomic E-state index is 0.0838. The molecule has 3 amide bonds. The van der Waals surface area contributed by atoms with Crippen LogP contribution in [-0.2, 0) is 16.1 Å². The summed E-state index contributed by atoms with van der Waals surface area (Å²) < 4.78 is 7.59. The third-order valence-corrected chi connectivity index (χ3v) is 5.58. The van der Waals surface area contributed by atoms with Crippen molar-refractivity contribution < 1.29 is 14.3 Å². The Morgan fingerprint density at radius 1 is 1.14 bits per heavy atom. The summed E-state index contributed by atoms with van der Waals surface area (Å²) >= 11 is 0. The molecule has 8 nitrogen and oxygen atoms in total. The van der Waals surface area contributed by atoms with E-state index in [1.165, 1.54) is 0 Å². The fourth-order valence-corrected chi connectivity index (χ4v) is 3.98. The van der Waals surface area contributed by atoms with Gasteiger partial charge in [0.05, 0.1) is 17.1 Å². The molecule has 1 aromatic carbocycles. The maximum absolute atomic E-state index is 12.5. The van der Waals surface area contributed by atoms with Crippen molar-refractivity contribution in [1.29, 1.82) is 0 Å². The number of carbonyl (C=O) groups is 2. The first-order valence-corrected chi connectivity index (χ1v) is 10.6. The highest BCUT2D eigenvalue weighted by atomic mass is 16.5. The molecule has 8 heteroatoms. The number of para-hydroxylation sites is 2. The number of hydrogen-bond donors (Lipinski definition) is 2. The maximum Gasteiger partial charge on any atom is 0.324 e. The molecule has 2 aromatic rings. The number of ether oxygens (including phenoxy) is 1. The summed E-state index contributed by atoms with van der Waals surface area (Å²) in [5, 5.41) is 5.92. The molecule has 0 unspecified atom stereocenters. The Hall–Kier alpha value is -2.61. The summed E-state index contributed by atoms with van der Waals surface area (Å²) in [7, 11) is 0. The molecule has 2 aliphatic rings. The standard InChI is InChI=1S/C21H29N5O3/c27-19(23-15-16-7-6-14-29-16)10-2-1-5-11-22-21(28)26-13-12-25-18-9-4-3-8-17(18)24-20(25)26/h3-4,8-9,16H,1-2,5-7,10-15H2,(H,22,28)(H,23,27)/t16-/m0/s1. The number of imidazole rings is 1. The van der Waals surface area contributed by atoms with Crippen LogP contribution in [0.1, 0.15) is 38.5 Å². The number of amides is 3. The van der Waals surface area contributed by atoms with Crippen LogP contribution in [0.5, 0.6) is 0 Å². The number of aromatic nitrogens is 2. The van der Waals surface area contributed by atoms with Crippen LogP contribution in [0.25, 0.3) is 11.0 Å². The molecule has 0 radical (unpaired) electrons. The fourth-order valence-electron chi connectivity index (χ4n) is 3.98. The summed E-state index contributed by atoms with van der Waals surface area (Å²) in [4.78, 5) is 30.7. The quantitative estimate of drug-likeness (QED) is 0.667. The van der Waals surface area contributed by atoms with Gasteiger partial charge in [0.25, 0.3) is 0 Å². The van der Waals surface area contributed by atoms with Crippen molar-refractivity contribution in [2.45, 2.75) is 51.2 Å². The van der Waals surface area contributed by atoms with E-state index in [9.17, 15) is 9.59 Å². The van der Waals surface area contributed by atoms with Crippen molar-refractivity contribution in [3.05, 3.63) is 24.3 Å². The van der Waals surface area contributed by atoms with E-state index in [0.717, 1.165) is 56.3 Å². The number of nitrogens with zero attached hydrogens (tertiary/aromatic N) is 3. The van der Waals surface area contributed by atoms with Gasteiger partial charge in [-0.2, -0.15) is 0 Å². The van der Waals surface area contributed by atoms with E-state index < -0.39 is 0 Å². The van der Waals surface area contributed by atoms with Crippen LogP contribution in [0.4, 0.5) is 10.7 Å². The zero-order chi connectivity index (χ0) is 20.1. The molecule has 2 N–H and O–H groups in total. The summed E-state index contributed by atoms with van der Waals surface area (Å²) in [6, 6.07) is 7.84. The van der Waals surface area contributed by atoms with Gasteiger partial charge in [-0.1, -0.05) is 18.6 Å². The van der Waals surface area contributed by atoms with E-state index in [1.807, 2.05) is 24.3 Å². The number of carbonyl (C=O) groups excluding carboxylic acids is 2. The number of fused-ring (bicyclic) bond motifs is 3. The number of benzene rings is 1. The topological polar surface area (TPSA) is 88.5 Å². The Morgan fingerprint density at radius 2 is 2.03 bits per heavy atom. The van der Waals surface area contributed by atoms with Crippen LogP contribution in [0.2, 0.25) is 0 Å². The highest BCUT2D eigenvalue weighted by molar-refractivity contribution is 5.93. The average Bonchev–Trinajstić information content (AvgIpc) is 3.45. The lowest BCUT2D eigenvalue weighted by molar-refractivity contribution is -0.121. The van der Waals surface area contributed by atoms with Crippen molar-refractivity contribution in [1.82, 2.24) is 20.2 Å². The number of rotatable bonds is 8. The largest absolute Gasteiger partial charge is 0.376 e. The van der Waals surface area contributed by atoms with Gasteiger partial charge in [-0.15, -0.1) is 0 Å². The van der Waals surface area contributed by atoms with E-state index in [1.54, 1.807) is 4.90 Å². The first-order chi connectivity index (χ1) is 14.2. The van der Waals surface area contributed by atoms with Crippen molar-refractivity contribution in [2.24, 2.45) is 0 Å². The van der Waals surface area contributed by atoms with Gasteiger partial charge in [0, 0.05) is 39.2 Å². The minimum Gasteiger partial charge on any atom is -0.376 e. The van der Waals surface area contributed by atoms with Gasteiger partial charge in [0.2, 0.25) is 11.9 Å². The highest BCUT2D eigenvalue weighted by Gasteiger charge is 2.27. The summed E-state index contributed by atoms with van der Waals surface area (Å²) in [5.74, 6) is 0.798. The molecule has 2 aliphatic heterocycles. The van der Waals surface area contributed by atoms with Gasteiger partial charge in [-0.25, -0.2) is 9.78 Å². The van der Waals surface area contributed by atoms with Crippen molar-refractivity contribution in [3.63, 3.8) is 0 Å². The zero-order valence-corrected chi connectivity index (χ0v) is 16.7. The molecule has 1 fully saturated rings.